The van der Waals surface area contributed by atoms with Crippen molar-refractivity contribution in [2.45, 2.75) is 13.3 Å². The highest BCUT2D eigenvalue weighted by molar-refractivity contribution is 9.10. The zero-order valence-electron chi connectivity index (χ0n) is 13.9. The van der Waals surface area contributed by atoms with Gasteiger partial charge in [-0.3, -0.25) is 9.59 Å². The number of aromatic nitrogens is 1. The highest BCUT2D eigenvalue weighted by Crippen LogP contribution is 2.26. The smallest absolute Gasteiger partial charge is 0.276 e. The van der Waals surface area contributed by atoms with Crippen molar-refractivity contribution in [2.24, 2.45) is 5.10 Å². The number of hydrogen-bond donors (Lipinski definition) is 3. The van der Waals surface area contributed by atoms with E-state index in [1.165, 1.54) is 0 Å². The topological polar surface area (TPSA) is 86.3 Å². The lowest BCUT2D eigenvalue weighted by Gasteiger charge is -2.03. The molecule has 0 bridgehead atoms. The van der Waals surface area contributed by atoms with Crippen LogP contribution in [0.4, 0.5) is 5.69 Å². The zero-order valence-corrected chi connectivity index (χ0v) is 15.5. The third-order valence-electron chi connectivity index (χ3n) is 4.36. The summed E-state index contributed by atoms with van der Waals surface area (Å²) in [5, 5.41) is 7.75. The molecule has 0 aliphatic carbocycles. The molecule has 0 fully saturated rings. The Morgan fingerprint density at radius 3 is 2.88 bits per heavy atom. The minimum absolute atomic E-state index is 0.169. The molecule has 3 aromatic rings. The fraction of sp³-hybridized carbons (Fsp3) is 0.105. The third kappa shape index (κ3) is 2.90. The van der Waals surface area contributed by atoms with Crippen molar-refractivity contribution in [1.82, 2.24) is 10.4 Å². The van der Waals surface area contributed by atoms with Gasteiger partial charge in [-0.2, -0.15) is 5.10 Å². The van der Waals surface area contributed by atoms with Crippen LogP contribution in [0.3, 0.4) is 0 Å². The summed E-state index contributed by atoms with van der Waals surface area (Å²) in [5.41, 5.74) is 6.92. The van der Waals surface area contributed by atoms with Crippen LogP contribution in [0.25, 0.3) is 10.9 Å². The highest BCUT2D eigenvalue weighted by atomic mass is 79.9. The van der Waals surface area contributed by atoms with E-state index in [4.69, 9.17) is 0 Å². The molecule has 1 aliphatic rings. The second kappa shape index (κ2) is 6.42. The van der Waals surface area contributed by atoms with Crippen molar-refractivity contribution in [2.75, 3.05) is 5.32 Å². The van der Waals surface area contributed by atoms with E-state index in [-0.39, 0.29) is 23.9 Å². The maximum atomic E-state index is 12.4. The summed E-state index contributed by atoms with van der Waals surface area (Å²) in [4.78, 5) is 27.7. The third-order valence-corrected chi connectivity index (χ3v) is 4.85. The Labute approximate surface area is 157 Å². The number of nitrogens with one attached hydrogen (secondary N) is 3. The Kier molecular flexibility index (Phi) is 4.08. The minimum Gasteiger partial charge on any atom is -0.358 e. The number of aryl methyl sites for hydroxylation is 1. The molecular weight excluding hydrogens is 396 g/mol. The maximum absolute atomic E-state index is 12.4. The van der Waals surface area contributed by atoms with Gasteiger partial charge in [-0.05, 0) is 36.8 Å². The molecule has 2 heterocycles. The SMILES string of the molecule is Cc1[nH]c2ccc(Br)cc2c1CC(=O)N/N=C1\C(=O)Nc2ccccc21. The predicted molar refractivity (Wildman–Crippen MR) is 104 cm³/mol. The number of H-pyrrole nitrogens is 1. The second-order valence-corrected chi connectivity index (χ2v) is 7.01. The standard InChI is InChI=1S/C19H15BrN4O2/c1-10-13(14-8-11(20)6-7-16(14)21-10)9-17(25)23-24-18-12-4-2-3-5-15(12)22-19(18)26/h2-8,21H,9H2,1H3,(H,23,25)(H,22,24,26). The van der Waals surface area contributed by atoms with Crippen molar-refractivity contribution in [3.63, 3.8) is 0 Å². The quantitative estimate of drug-likeness (QED) is 0.578. The lowest BCUT2D eigenvalue weighted by Crippen LogP contribution is -2.24. The zero-order chi connectivity index (χ0) is 18.3. The first-order valence-corrected chi connectivity index (χ1v) is 8.86. The van der Waals surface area contributed by atoms with Gasteiger partial charge in [0, 0.05) is 26.6 Å². The van der Waals surface area contributed by atoms with Crippen LogP contribution in [-0.2, 0) is 16.0 Å². The molecule has 3 N–H and O–H groups in total. The van der Waals surface area contributed by atoms with E-state index in [1.54, 1.807) is 12.1 Å². The number of benzene rings is 2. The van der Waals surface area contributed by atoms with Crippen LogP contribution >= 0.6 is 15.9 Å². The molecule has 130 valence electrons. The number of rotatable bonds is 3. The Bertz CT molecular complexity index is 1080. The molecule has 0 saturated carbocycles. The Balaban J connectivity index is 1.56. The van der Waals surface area contributed by atoms with E-state index in [2.05, 4.69) is 36.8 Å². The molecule has 0 saturated heterocycles. The molecule has 0 unspecified atom stereocenters. The molecule has 1 aromatic heterocycles. The second-order valence-electron chi connectivity index (χ2n) is 6.09. The average molecular weight is 411 g/mol. The number of para-hydroxylation sites is 1. The molecule has 2 aromatic carbocycles. The molecule has 6 nitrogen and oxygen atoms in total. The van der Waals surface area contributed by atoms with E-state index in [1.807, 2.05) is 37.3 Å². The summed E-state index contributed by atoms with van der Waals surface area (Å²) in [6.45, 7) is 1.93. The van der Waals surface area contributed by atoms with Gasteiger partial charge in [0.15, 0.2) is 5.71 Å². The molecule has 2 amide bonds. The number of carbonyl (C=O) groups is 2. The lowest BCUT2D eigenvalue weighted by molar-refractivity contribution is -0.120. The molecule has 26 heavy (non-hydrogen) atoms. The maximum Gasteiger partial charge on any atom is 0.276 e. The first-order chi connectivity index (χ1) is 12.5. The molecule has 0 spiro atoms. The Morgan fingerprint density at radius 2 is 2.04 bits per heavy atom. The van der Waals surface area contributed by atoms with Gasteiger partial charge in [0.1, 0.15) is 0 Å². The molecule has 7 heteroatoms. The van der Waals surface area contributed by atoms with Gasteiger partial charge in [-0.25, -0.2) is 5.43 Å². The first-order valence-electron chi connectivity index (χ1n) is 8.07. The van der Waals surface area contributed by atoms with Gasteiger partial charge in [0.2, 0.25) is 5.91 Å². The van der Waals surface area contributed by atoms with E-state index in [9.17, 15) is 9.59 Å². The van der Waals surface area contributed by atoms with Crippen molar-refractivity contribution >= 4 is 50.0 Å². The summed E-state index contributed by atoms with van der Waals surface area (Å²) >= 11 is 3.46. The normalized spacial score (nSPS) is 14.5. The van der Waals surface area contributed by atoms with Gasteiger partial charge < -0.3 is 10.3 Å². The first kappa shape index (κ1) is 16.5. The summed E-state index contributed by atoms with van der Waals surface area (Å²) in [7, 11) is 0. The van der Waals surface area contributed by atoms with Crippen LogP contribution < -0.4 is 10.7 Å². The van der Waals surface area contributed by atoms with Crippen molar-refractivity contribution in [3.05, 3.63) is 63.8 Å². The van der Waals surface area contributed by atoms with E-state index < -0.39 is 0 Å². The van der Waals surface area contributed by atoms with E-state index in [0.717, 1.165) is 26.6 Å². The summed E-state index contributed by atoms with van der Waals surface area (Å²) in [6, 6.07) is 13.1. The van der Waals surface area contributed by atoms with Crippen LogP contribution in [-0.4, -0.2) is 22.5 Å². The molecule has 0 atom stereocenters. The van der Waals surface area contributed by atoms with Crippen LogP contribution in [0.1, 0.15) is 16.8 Å². The largest absolute Gasteiger partial charge is 0.358 e. The number of anilines is 1. The van der Waals surface area contributed by atoms with Crippen LogP contribution in [0.2, 0.25) is 0 Å². The monoisotopic (exact) mass is 410 g/mol. The number of aromatic amines is 1. The van der Waals surface area contributed by atoms with Gasteiger partial charge in [-0.1, -0.05) is 34.1 Å². The van der Waals surface area contributed by atoms with Crippen molar-refractivity contribution < 1.29 is 9.59 Å². The summed E-state index contributed by atoms with van der Waals surface area (Å²) in [5.74, 6) is -0.600. The molecule has 4 rings (SSSR count). The Morgan fingerprint density at radius 1 is 1.23 bits per heavy atom. The number of amides is 2. The number of halogens is 1. The minimum atomic E-state index is -0.321. The van der Waals surface area contributed by atoms with Crippen molar-refractivity contribution in [1.29, 1.82) is 0 Å². The highest BCUT2D eigenvalue weighted by Gasteiger charge is 2.25. The van der Waals surface area contributed by atoms with Gasteiger partial charge in [-0.15, -0.1) is 0 Å². The Hall–Kier alpha value is -2.93. The van der Waals surface area contributed by atoms with Gasteiger partial charge in [0.05, 0.1) is 12.1 Å². The molecular formula is C19H15BrN4O2. The lowest BCUT2D eigenvalue weighted by atomic mass is 10.1. The number of hydrazone groups is 1. The van der Waals surface area contributed by atoms with Crippen LogP contribution in [0.5, 0.6) is 0 Å². The van der Waals surface area contributed by atoms with Gasteiger partial charge >= 0.3 is 0 Å². The average Bonchev–Trinajstić information content (AvgIpc) is 3.09. The number of fused-ring (bicyclic) bond motifs is 2. The van der Waals surface area contributed by atoms with Crippen molar-refractivity contribution in [3.8, 4) is 0 Å². The fourth-order valence-corrected chi connectivity index (χ4v) is 3.48. The predicted octanol–water partition coefficient (Wildman–Crippen LogP) is 3.25. The number of hydrogen-bond acceptors (Lipinski definition) is 3. The van der Waals surface area contributed by atoms with E-state index in [0.29, 0.717) is 11.3 Å². The number of nitrogens with zero attached hydrogens (tertiary/aromatic N) is 1. The summed E-state index contributed by atoms with van der Waals surface area (Å²) in [6.07, 6.45) is 0.169. The number of carbonyl (C=O) groups excluding carboxylic acids is 2. The van der Waals surface area contributed by atoms with Crippen LogP contribution in [0, 0.1) is 6.92 Å². The van der Waals surface area contributed by atoms with Crippen LogP contribution in [0.15, 0.2) is 52.0 Å². The fourth-order valence-electron chi connectivity index (χ4n) is 3.11. The van der Waals surface area contributed by atoms with E-state index >= 15 is 0 Å². The molecule has 0 radical (unpaired) electrons. The molecule has 1 aliphatic heterocycles. The summed E-state index contributed by atoms with van der Waals surface area (Å²) < 4.78 is 0.949. The van der Waals surface area contributed by atoms with Gasteiger partial charge in [0.25, 0.3) is 5.91 Å².